The van der Waals surface area contributed by atoms with E-state index in [0.29, 0.717) is 23.1 Å². The van der Waals surface area contributed by atoms with E-state index >= 15 is 0 Å². The predicted molar refractivity (Wildman–Crippen MR) is 74.5 cm³/mol. The van der Waals surface area contributed by atoms with Crippen molar-refractivity contribution >= 4 is 33.3 Å². The average molecular weight is 327 g/mol. The first-order chi connectivity index (χ1) is 9.08. The Morgan fingerprint density at radius 2 is 2.16 bits per heavy atom. The van der Waals surface area contributed by atoms with Crippen molar-refractivity contribution in [3.8, 4) is 0 Å². The van der Waals surface area contributed by atoms with Gasteiger partial charge in [-0.3, -0.25) is 0 Å². The quantitative estimate of drug-likeness (QED) is 0.903. The summed E-state index contributed by atoms with van der Waals surface area (Å²) < 4.78 is 18.9. The minimum Gasteiger partial charge on any atom is -0.384 e. The highest BCUT2D eigenvalue weighted by atomic mass is 79.9. The summed E-state index contributed by atoms with van der Waals surface area (Å²) in [5, 5.41) is 2.98. The first-order valence-electron chi connectivity index (χ1n) is 5.43. The maximum absolute atomic E-state index is 13.2. The Balaban J connectivity index is 2.29. The van der Waals surface area contributed by atoms with Gasteiger partial charge in [0.05, 0.1) is 5.69 Å². The van der Waals surface area contributed by atoms with Crippen molar-refractivity contribution in [1.29, 1.82) is 0 Å². The highest BCUT2D eigenvalue weighted by molar-refractivity contribution is 9.10. The standard InChI is InChI=1S/C12H12BrFN4O/c1-19-6-12-17-10(15)5-11(18-12)16-9-4-7(14)2-3-8(9)13/h2-5H,6H2,1H3,(H3,15,16,17,18). The fourth-order valence-corrected chi connectivity index (χ4v) is 1.85. The van der Waals surface area contributed by atoms with Crippen LogP contribution < -0.4 is 11.1 Å². The molecule has 0 aliphatic rings. The molecule has 0 bridgehead atoms. The van der Waals surface area contributed by atoms with Crippen LogP contribution in [0.5, 0.6) is 0 Å². The molecule has 0 aliphatic carbocycles. The lowest BCUT2D eigenvalue weighted by Crippen LogP contribution is -2.04. The molecule has 5 nitrogen and oxygen atoms in total. The van der Waals surface area contributed by atoms with Crippen molar-refractivity contribution in [1.82, 2.24) is 9.97 Å². The molecule has 2 rings (SSSR count). The van der Waals surface area contributed by atoms with Gasteiger partial charge in [0.15, 0.2) is 5.82 Å². The Morgan fingerprint density at radius 1 is 1.37 bits per heavy atom. The van der Waals surface area contributed by atoms with Gasteiger partial charge in [-0.15, -0.1) is 0 Å². The van der Waals surface area contributed by atoms with E-state index in [4.69, 9.17) is 10.5 Å². The summed E-state index contributed by atoms with van der Waals surface area (Å²) in [7, 11) is 1.54. The van der Waals surface area contributed by atoms with Gasteiger partial charge in [0, 0.05) is 17.6 Å². The number of aromatic nitrogens is 2. The van der Waals surface area contributed by atoms with Gasteiger partial charge in [0.2, 0.25) is 0 Å². The minimum absolute atomic E-state index is 0.254. The van der Waals surface area contributed by atoms with E-state index in [1.54, 1.807) is 19.2 Å². The second kappa shape index (κ2) is 5.94. The predicted octanol–water partition coefficient (Wildman–Crippen LogP) is 2.85. The molecule has 3 N–H and O–H groups in total. The Hall–Kier alpha value is -1.73. The van der Waals surface area contributed by atoms with Crippen LogP contribution in [0.4, 0.5) is 21.7 Å². The first kappa shape index (κ1) is 13.7. The summed E-state index contributed by atoms with van der Waals surface area (Å²) in [5.41, 5.74) is 6.24. The van der Waals surface area contributed by atoms with Crippen molar-refractivity contribution < 1.29 is 9.13 Å². The summed E-state index contributed by atoms with van der Waals surface area (Å²) >= 11 is 3.33. The molecule has 19 heavy (non-hydrogen) atoms. The number of benzene rings is 1. The zero-order valence-corrected chi connectivity index (χ0v) is 11.7. The van der Waals surface area contributed by atoms with Crippen LogP contribution in [0, 0.1) is 5.82 Å². The minimum atomic E-state index is -0.343. The van der Waals surface area contributed by atoms with Gasteiger partial charge < -0.3 is 15.8 Å². The van der Waals surface area contributed by atoms with Gasteiger partial charge in [-0.1, -0.05) is 0 Å². The number of hydrogen-bond acceptors (Lipinski definition) is 5. The number of nitrogens with zero attached hydrogens (tertiary/aromatic N) is 2. The summed E-state index contributed by atoms with van der Waals surface area (Å²) in [6, 6.07) is 5.90. The third-order valence-corrected chi connectivity index (χ3v) is 2.95. The molecule has 0 spiro atoms. The highest BCUT2D eigenvalue weighted by Crippen LogP contribution is 2.26. The molecular weight excluding hydrogens is 315 g/mol. The lowest BCUT2D eigenvalue weighted by molar-refractivity contribution is 0.178. The van der Waals surface area contributed by atoms with Crippen LogP contribution in [0.1, 0.15) is 5.82 Å². The van der Waals surface area contributed by atoms with Gasteiger partial charge in [0.1, 0.15) is 24.1 Å². The Morgan fingerprint density at radius 3 is 2.89 bits per heavy atom. The molecule has 0 amide bonds. The monoisotopic (exact) mass is 326 g/mol. The van der Waals surface area contributed by atoms with Crippen LogP contribution in [-0.4, -0.2) is 17.1 Å². The number of nitrogen functional groups attached to an aromatic ring is 1. The van der Waals surface area contributed by atoms with Crippen molar-refractivity contribution in [2.75, 3.05) is 18.2 Å². The van der Waals surface area contributed by atoms with Crippen LogP contribution >= 0.6 is 15.9 Å². The molecular formula is C12H12BrFN4O. The molecule has 1 aromatic heterocycles. The molecule has 0 saturated carbocycles. The highest BCUT2D eigenvalue weighted by Gasteiger charge is 2.06. The van der Waals surface area contributed by atoms with Crippen molar-refractivity contribution in [2.45, 2.75) is 6.61 Å². The lowest BCUT2D eigenvalue weighted by atomic mass is 10.3. The third kappa shape index (κ3) is 3.62. The SMILES string of the molecule is COCc1nc(N)cc(Nc2cc(F)ccc2Br)n1. The fraction of sp³-hybridized carbons (Fsp3) is 0.167. The number of ether oxygens (including phenoxy) is 1. The molecule has 0 saturated heterocycles. The van der Waals surface area contributed by atoms with E-state index in [-0.39, 0.29) is 12.4 Å². The van der Waals surface area contributed by atoms with Crippen LogP contribution in [0.3, 0.4) is 0 Å². The Labute approximate surface area is 118 Å². The maximum atomic E-state index is 13.2. The van der Waals surface area contributed by atoms with Crippen molar-refractivity contribution in [2.24, 2.45) is 0 Å². The Bertz CT molecular complexity index is 594. The number of anilines is 3. The zero-order valence-electron chi connectivity index (χ0n) is 10.2. The molecule has 0 fully saturated rings. The Kier molecular flexibility index (Phi) is 4.28. The third-order valence-electron chi connectivity index (χ3n) is 2.26. The van der Waals surface area contributed by atoms with Gasteiger partial charge in [-0.05, 0) is 34.1 Å². The topological polar surface area (TPSA) is 73.1 Å². The lowest BCUT2D eigenvalue weighted by Gasteiger charge is -2.09. The van der Waals surface area contributed by atoms with E-state index in [9.17, 15) is 4.39 Å². The molecule has 0 unspecified atom stereocenters. The van der Waals surface area contributed by atoms with Crippen LogP contribution in [0.25, 0.3) is 0 Å². The van der Waals surface area contributed by atoms with Crippen LogP contribution in [0.15, 0.2) is 28.7 Å². The van der Waals surface area contributed by atoms with Gasteiger partial charge in [0.25, 0.3) is 0 Å². The number of nitrogens with one attached hydrogen (secondary N) is 1. The summed E-state index contributed by atoms with van der Waals surface area (Å²) in [6.45, 7) is 0.254. The van der Waals surface area contributed by atoms with Gasteiger partial charge >= 0.3 is 0 Å². The molecule has 1 aromatic carbocycles. The molecule has 0 radical (unpaired) electrons. The molecule has 100 valence electrons. The normalized spacial score (nSPS) is 10.5. The number of rotatable bonds is 4. The summed E-state index contributed by atoms with van der Waals surface area (Å²) in [4.78, 5) is 8.24. The smallest absolute Gasteiger partial charge is 0.158 e. The van der Waals surface area contributed by atoms with Crippen molar-refractivity contribution in [3.63, 3.8) is 0 Å². The van der Waals surface area contributed by atoms with Crippen molar-refractivity contribution in [3.05, 3.63) is 40.4 Å². The largest absolute Gasteiger partial charge is 0.384 e. The van der Waals surface area contributed by atoms with Crippen LogP contribution in [0.2, 0.25) is 0 Å². The first-order valence-corrected chi connectivity index (χ1v) is 6.22. The zero-order chi connectivity index (χ0) is 13.8. The number of methoxy groups -OCH3 is 1. The number of halogens is 2. The molecule has 7 heteroatoms. The van der Waals surface area contributed by atoms with Gasteiger partial charge in [-0.25, -0.2) is 14.4 Å². The number of hydrogen-bond donors (Lipinski definition) is 2. The molecule has 1 heterocycles. The second-order valence-electron chi connectivity index (χ2n) is 3.78. The van der Waals surface area contributed by atoms with E-state index < -0.39 is 0 Å². The molecule has 0 aliphatic heterocycles. The molecule has 0 atom stereocenters. The van der Waals surface area contributed by atoms with E-state index in [1.165, 1.54) is 12.1 Å². The summed E-state index contributed by atoms with van der Waals surface area (Å²) in [5.74, 6) is 0.908. The fourth-order valence-electron chi connectivity index (χ4n) is 1.51. The maximum Gasteiger partial charge on any atom is 0.158 e. The number of nitrogens with two attached hydrogens (primary N) is 1. The van der Waals surface area contributed by atoms with Gasteiger partial charge in [-0.2, -0.15) is 0 Å². The second-order valence-corrected chi connectivity index (χ2v) is 4.63. The van der Waals surface area contributed by atoms with E-state index in [1.807, 2.05) is 0 Å². The summed E-state index contributed by atoms with van der Waals surface area (Å²) in [6.07, 6.45) is 0. The average Bonchev–Trinajstić information content (AvgIpc) is 2.33. The molecule has 2 aromatic rings. The van der Waals surface area contributed by atoms with E-state index in [2.05, 4.69) is 31.2 Å². The van der Waals surface area contributed by atoms with Crippen LogP contribution in [-0.2, 0) is 11.3 Å². The van der Waals surface area contributed by atoms with E-state index in [0.717, 1.165) is 4.47 Å².